The molecule has 2 saturated heterocycles. The molecule has 2 heterocycles. The van der Waals surface area contributed by atoms with Crippen molar-refractivity contribution < 1.29 is 19.0 Å². The summed E-state index contributed by atoms with van der Waals surface area (Å²) in [6, 6.07) is 7.35. The number of nitrogens with two attached hydrogens (primary N) is 1. The van der Waals surface area contributed by atoms with Crippen molar-refractivity contribution in [2.75, 3.05) is 31.7 Å². The lowest BCUT2D eigenvalue weighted by atomic mass is 9.90. The number of carbonyl (C=O) groups is 1. The van der Waals surface area contributed by atoms with Crippen molar-refractivity contribution in [1.82, 2.24) is 0 Å². The van der Waals surface area contributed by atoms with E-state index in [1.165, 1.54) is 0 Å². The van der Waals surface area contributed by atoms with Gasteiger partial charge in [0.05, 0.1) is 13.2 Å². The van der Waals surface area contributed by atoms with Crippen LogP contribution in [-0.4, -0.2) is 44.0 Å². The fraction of sp³-hybridized carbons (Fsp3) is 0.562. The molecule has 22 heavy (non-hydrogen) atoms. The highest BCUT2D eigenvalue weighted by Crippen LogP contribution is 2.22. The topological polar surface area (TPSA) is 82.8 Å². The second kappa shape index (κ2) is 6.64. The molecule has 1 amide bonds. The lowest BCUT2D eigenvalue weighted by Crippen LogP contribution is -2.54. The summed E-state index contributed by atoms with van der Waals surface area (Å²) in [5, 5.41) is 2.87. The minimum Gasteiger partial charge on any atom is -0.488 e. The Labute approximate surface area is 129 Å². The Morgan fingerprint density at radius 3 is 2.55 bits per heavy atom. The predicted molar refractivity (Wildman–Crippen MR) is 81.9 cm³/mol. The quantitative estimate of drug-likeness (QED) is 0.876. The number of hydrogen-bond donors (Lipinski definition) is 2. The number of carbonyl (C=O) groups excluding carboxylic acids is 1. The summed E-state index contributed by atoms with van der Waals surface area (Å²) < 4.78 is 16.3. The van der Waals surface area contributed by atoms with Crippen molar-refractivity contribution in [1.29, 1.82) is 0 Å². The Morgan fingerprint density at radius 1 is 1.18 bits per heavy atom. The van der Waals surface area contributed by atoms with Crippen LogP contribution in [0.5, 0.6) is 5.75 Å². The van der Waals surface area contributed by atoms with Crippen LogP contribution in [0.2, 0.25) is 0 Å². The van der Waals surface area contributed by atoms with Crippen molar-refractivity contribution in [3.63, 3.8) is 0 Å². The number of benzene rings is 1. The zero-order valence-electron chi connectivity index (χ0n) is 12.5. The Morgan fingerprint density at radius 2 is 1.91 bits per heavy atom. The van der Waals surface area contributed by atoms with Gasteiger partial charge in [0, 0.05) is 25.3 Å². The minimum atomic E-state index is -0.839. The maximum atomic E-state index is 12.3. The Bertz CT molecular complexity index is 505. The first kappa shape index (κ1) is 15.3. The van der Waals surface area contributed by atoms with Crippen LogP contribution in [-0.2, 0) is 14.3 Å². The number of anilines is 1. The second-order valence-corrected chi connectivity index (χ2v) is 5.85. The molecular formula is C16H22N2O4. The molecule has 120 valence electrons. The summed E-state index contributed by atoms with van der Waals surface area (Å²) in [6.45, 7) is 2.44. The summed E-state index contributed by atoms with van der Waals surface area (Å²) >= 11 is 0. The van der Waals surface area contributed by atoms with Crippen molar-refractivity contribution >= 4 is 11.6 Å². The lowest BCUT2D eigenvalue weighted by molar-refractivity contribution is -0.124. The number of hydrogen-bond acceptors (Lipinski definition) is 5. The average molecular weight is 306 g/mol. The van der Waals surface area contributed by atoms with E-state index in [1.54, 1.807) is 0 Å². The SMILES string of the molecule is NC1(C(=O)Nc2ccc(OC3CCOC3)cc2)CCOCC1. The van der Waals surface area contributed by atoms with Crippen molar-refractivity contribution in [3.05, 3.63) is 24.3 Å². The van der Waals surface area contributed by atoms with Crippen molar-refractivity contribution in [2.45, 2.75) is 30.9 Å². The van der Waals surface area contributed by atoms with E-state index in [0.717, 1.165) is 24.5 Å². The van der Waals surface area contributed by atoms with Gasteiger partial charge in [-0.25, -0.2) is 0 Å². The third-order valence-corrected chi connectivity index (χ3v) is 4.14. The summed E-state index contributed by atoms with van der Waals surface area (Å²) in [4.78, 5) is 12.3. The van der Waals surface area contributed by atoms with E-state index in [0.29, 0.717) is 32.7 Å². The largest absolute Gasteiger partial charge is 0.488 e. The van der Waals surface area contributed by atoms with E-state index in [1.807, 2.05) is 24.3 Å². The molecule has 0 aromatic heterocycles. The van der Waals surface area contributed by atoms with Gasteiger partial charge in [0.25, 0.3) is 0 Å². The fourth-order valence-corrected chi connectivity index (χ4v) is 2.63. The zero-order chi connectivity index (χ0) is 15.4. The highest BCUT2D eigenvalue weighted by Gasteiger charge is 2.35. The van der Waals surface area contributed by atoms with Crippen LogP contribution >= 0.6 is 0 Å². The number of amides is 1. The van der Waals surface area contributed by atoms with Gasteiger partial charge in [-0.05, 0) is 37.1 Å². The molecule has 0 aliphatic carbocycles. The molecule has 0 bridgehead atoms. The van der Waals surface area contributed by atoms with Crippen LogP contribution in [0, 0.1) is 0 Å². The maximum absolute atomic E-state index is 12.3. The molecule has 1 aromatic carbocycles. The molecule has 6 heteroatoms. The highest BCUT2D eigenvalue weighted by atomic mass is 16.5. The van der Waals surface area contributed by atoms with Gasteiger partial charge in [-0.1, -0.05) is 0 Å². The van der Waals surface area contributed by atoms with E-state index < -0.39 is 5.54 Å². The normalized spacial score (nSPS) is 24.0. The molecule has 1 unspecified atom stereocenters. The first-order valence-corrected chi connectivity index (χ1v) is 7.68. The standard InChI is InChI=1S/C16H22N2O4/c17-16(6-9-20-10-7-16)15(19)18-12-1-3-13(4-2-12)22-14-5-8-21-11-14/h1-4,14H,5-11,17H2,(H,18,19). The van der Waals surface area contributed by atoms with Gasteiger partial charge < -0.3 is 25.3 Å². The molecule has 0 saturated carbocycles. The highest BCUT2D eigenvalue weighted by molar-refractivity contribution is 5.98. The van der Waals surface area contributed by atoms with Gasteiger partial charge >= 0.3 is 0 Å². The van der Waals surface area contributed by atoms with Crippen molar-refractivity contribution in [2.24, 2.45) is 5.73 Å². The van der Waals surface area contributed by atoms with E-state index in [-0.39, 0.29) is 12.0 Å². The maximum Gasteiger partial charge on any atom is 0.244 e. The monoisotopic (exact) mass is 306 g/mol. The Balaban J connectivity index is 1.57. The van der Waals surface area contributed by atoms with Crippen LogP contribution in [0.15, 0.2) is 24.3 Å². The molecule has 2 aliphatic rings. The van der Waals surface area contributed by atoms with Crippen LogP contribution < -0.4 is 15.8 Å². The van der Waals surface area contributed by atoms with Gasteiger partial charge in [0.2, 0.25) is 5.91 Å². The third kappa shape index (κ3) is 3.58. The molecule has 6 nitrogen and oxygen atoms in total. The smallest absolute Gasteiger partial charge is 0.244 e. The first-order chi connectivity index (χ1) is 10.7. The minimum absolute atomic E-state index is 0.120. The fourth-order valence-electron chi connectivity index (χ4n) is 2.63. The molecule has 0 radical (unpaired) electrons. The summed E-state index contributed by atoms with van der Waals surface area (Å²) in [5.74, 6) is 0.621. The molecular weight excluding hydrogens is 284 g/mol. The number of nitrogens with one attached hydrogen (secondary N) is 1. The molecule has 1 aromatic rings. The van der Waals surface area contributed by atoms with Crippen LogP contribution in [0.3, 0.4) is 0 Å². The number of rotatable bonds is 4. The first-order valence-electron chi connectivity index (χ1n) is 7.68. The molecule has 1 atom stereocenters. The summed E-state index contributed by atoms with van der Waals surface area (Å²) in [5.41, 5.74) is 6.04. The van der Waals surface area contributed by atoms with Crippen LogP contribution in [0.1, 0.15) is 19.3 Å². The van der Waals surface area contributed by atoms with Crippen molar-refractivity contribution in [3.8, 4) is 5.75 Å². The lowest BCUT2D eigenvalue weighted by Gasteiger charge is -2.31. The van der Waals surface area contributed by atoms with E-state index in [2.05, 4.69) is 5.32 Å². The summed E-state index contributed by atoms with van der Waals surface area (Å²) in [7, 11) is 0. The van der Waals surface area contributed by atoms with Gasteiger partial charge in [0.1, 0.15) is 17.4 Å². The predicted octanol–water partition coefficient (Wildman–Crippen LogP) is 1.30. The molecule has 0 spiro atoms. The Hall–Kier alpha value is -1.63. The summed E-state index contributed by atoms with van der Waals surface area (Å²) in [6.07, 6.45) is 2.12. The van der Waals surface area contributed by atoms with Gasteiger partial charge in [-0.15, -0.1) is 0 Å². The van der Waals surface area contributed by atoms with E-state index >= 15 is 0 Å². The third-order valence-electron chi connectivity index (χ3n) is 4.14. The van der Waals surface area contributed by atoms with Crippen LogP contribution in [0.25, 0.3) is 0 Å². The molecule has 3 rings (SSSR count). The molecule has 2 aliphatic heterocycles. The average Bonchev–Trinajstić information content (AvgIpc) is 3.03. The molecule has 3 N–H and O–H groups in total. The Kier molecular flexibility index (Phi) is 4.61. The number of ether oxygens (including phenoxy) is 3. The van der Waals surface area contributed by atoms with E-state index in [4.69, 9.17) is 19.9 Å². The zero-order valence-corrected chi connectivity index (χ0v) is 12.5. The van der Waals surface area contributed by atoms with Gasteiger partial charge in [-0.3, -0.25) is 4.79 Å². The van der Waals surface area contributed by atoms with E-state index in [9.17, 15) is 4.79 Å². The van der Waals surface area contributed by atoms with Gasteiger partial charge in [0.15, 0.2) is 0 Å². The van der Waals surface area contributed by atoms with Crippen LogP contribution in [0.4, 0.5) is 5.69 Å². The van der Waals surface area contributed by atoms with Gasteiger partial charge in [-0.2, -0.15) is 0 Å². The molecule has 2 fully saturated rings. The second-order valence-electron chi connectivity index (χ2n) is 5.85.